The number of hydrogen-bond acceptors (Lipinski definition) is 2. The minimum Gasteiger partial charge on any atom is -0.494 e. The van der Waals surface area contributed by atoms with Crippen LogP contribution in [0, 0.1) is 0 Å². The number of nitrogen functional groups attached to an aromatic ring is 1. The minimum atomic E-state index is 0.0637. The van der Waals surface area contributed by atoms with E-state index in [9.17, 15) is 0 Å². The first-order valence-corrected chi connectivity index (χ1v) is 5.98. The average molecular weight is 221 g/mol. The Bertz CT molecular complexity index is 339. The van der Waals surface area contributed by atoms with Crippen molar-refractivity contribution in [3.05, 3.63) is 23.8 Å². The molecular formula is C14H23NO. The van der Waals surface area contributed by atoms with Crippen LogP contribution in [-0.2, 0) is 5.41 Å². The Kier molecular flexibility index (Phi) is 4.22. The van der Waals surface area contributed by atoms with Crippen LogP contribution in [-0.4, -0.2) is 6.61 Å². The van der Waals surface area contributed by atoms with Crippen LogP contribution in [0.2, 0.25) is 0 Å². The Labute approximate surface area is 98.8 Å². The molecule has 0 aliphatic carbocycles. The maximum absolute atomic E-state index is 5.97. The van der Waals surface area contributed by atoms with Crippen LogP contribution < -0.4 is 10.5 Å². The van der Waals surface area contributed by atoms with E-state index in [1.807, 2.05) is 12.1 Å². The van der Waals surface area contributed by atoms with Gasteiger partial charge >= 0.3 is 0 Å². The average Bonchev–Trinajstić information content (AvgIpc) is 2.19. The monoisotopic (exact) mass is 221 g/mol. The molecule has 0 heterocycles. The van der Waals surface area contributed by atoms with Crippen molar-refractivity contribution in [1.29, 1.82) is 0 Å². The zero-order valence-electron chi connectivity index (χ0n) is 10.8. The van der Waals surface area contributed by atoms with Gasteiger partial charge in [-0.1, -0.05) is 34.1 Å². The highest BCUT2D eigenvalue weighted by Crippen LogP contribution is 2.30. The van der Waals surface area contributed by atoms with Crippen LogP contribution in [0.4, 0.5) is 5.69 Å². The lowest BCUT2D eigenvalue weighted by Gasteiger charge is -2.22. The maximum Gasteiger partial charge on any atom is 0.119 e. The van der Waals surface area contributed by atoms with Crippen molar-refractivity contribution >= 4 is 5.69 Å². The van der Waals surface area contributed by atoms with Gasteiger partial charge in [-0.2, -0.15) is 0 Å². The summed E-state index contributed by atoms with van der Waals surface area (Å²) >= 11 is 0. The van der Waals surface area contributed by atoms with Crippen molar-refractivity contribution in [2.24, 2.45) is 0 Å². The second-order valence-corrected chi connectivity index (χ2v) is 5.20. The molecule has 0 spiro atoms. The summed E-state index contributed by atoms with van der Waals surface area (Å²) in [5.41, 5.74) is 8.04. The van der Waals surface area contributed by atoms with Crippen molar-refractivity contribution in [3.63, 3.8) is 0 Å². The van der Waals surface area contributed by atoms with Crippen LogP contribution in [0.5, 0.6) is 5.75 Å². The predicted molar refractivity (Wildman–Crippen MR) is 70.0 cm³/mol. The van der Waals surface area contributed by atoms with Gasteiger partial charge in [-0.25, -0.2) is 0 Å². The Balaban J connectivity index is 2.82. The third-order valence-corrected chi connectivity index (χ3v) is 2.60. The first-order chi connectivity index (χ1) is 7.45. The lowest BCUT2D eigenvalue weighted by Crippen LogP contribution is -2.14. The van der Waals surface area contributed by atoms with Crippen molar-refractivity contribution in [2.75, 3.05) is 12.3 Å². The molecule has 0 aromatic heterocycles. The molecule has 0 saturated carbocycles. The van der Waals surface area contributed by atoms with Crippen molar-refractivity contribution in [1.82, 2.24) is 0 Å². The molecule has 2 N–H and O–H groups in total. The zero-order valence-corrected chi connectivity index (χ0v) is 10.8. The van der Waals surface area contributed by atoms with Crippen LogP contribution in [0.3, 0.4) is 0 Å². The van der Waals surface area contributed by atoms with Crippen LogP contribution in [0.25, 0.3) is 0 Å². The van der Waals surface area contributed by atoms with Gasteiger partial charge in [-0.15, -0.1) is 0 Å². The molecule has 0 saturated heterocycles. The molecule has 1 aromatic rings. The largest absolute Gasteiger partial charge is 0.494 e. The highest BCUT2D eigenvalue weighted by Gasteiger charge is 2.17. The number of nitrogens with two attached hydrogens (primary N) is 1. The number of benzene rings is 1. The summed E-state index contributed by atoms with van der Waals surface area (Å²) in [7, 11) is 0. The number of hydrogen-bond donors (Lipinski definition) is 1. The molecular weight excluding hydrogens is 198 g/mol. The fourth-order valence-corrected chi connectivity index (χ4v) is 1.61. The van der Waals surface area contributed by atoms with Crippen molar-refractivity contribution in [2.45, 2.75) is 46.0 Å². The molecule has 2 nitrogen and oxygen atoms in total. The summed E-state index contributed by atoms with van der Waals surface area (Å²) in [6, 6.07) is 5.94. The summed E-state index contributed by atoms with van der Waals surface area (Å²) in [6.45, 7) is 9.43. The van der Waals surface area contributed by atoms with E-state index in [1.54, 1.807) is 0 Å². The lowest BCUT2D eigenvalue weighted by molar-refractivity contribution is 0.308. The fraction of sp³-hybridized carbons (Fsp3) is 0.571. The van der Waals surface area contributed by atoms with E-state index < -0.39 is 0 Å². The van der Waals surface area contributed by atoms with E-state index >= 15 is 0 Å². The molecule has 0 radical (unpaired) electrons. The third-order valence-electron chi connectivity index (χ3n) is 2.60. The predicted octanol–water partition coefficient (Wildman–Crippen LogP) is 3.75. The van der Waals surface area contributed by atoms with Crippen LogP contribution >= 0.6 is 0 Å². The van der Waals surface area contributed by atoms with Gasteiger partial charge in [-0.05, 0) is 35.6 Å². The minimum absolute atomic E-state index is 0.0637. The van der Waals surface area contributed by atoms with E-state index in [0.717, 1.165) is 36.4 Å². The summed E-state index contributed by atoms with van der Waals surface area (Å²) in [6.07, 6.45) is 2.25. The number of rotatable bonds is 4. The van der Waals surface area contributed by atoms with Gasteiger partial charge in [0.15, 0.2) is 0 Å². The van der Waals surface area contributed by atoms with Gasteiger partial charge in [0.1, 0.15) is 5.75 Å². The van der Waals surface area contributed by atoms with Gasteiger partial charge < -0.3 is 10.5 Å². The van der Waals surface area contributed by atoms with Gasteiger partial charge in [0.2, 0.25) is 0 Å². The molecule has 0 aliphatic heterocycles. The lowest BCUT2D eigenvalue weighted by atomic mass is 9.86. The number of unbranched alkanes of at least 4 members (excludes halogenated alkanes) is 1. The molecule has 16 heavy (non-hydrogen) atoms. The standard InChI is InChI=1S/C14H23NO/c1-5-6-9-16-11-7-8-13(15)12(10-11)14(2,3)4/h7-8,10H,5-6,9,15H2,1-4H3. The molecule has 0 unspecified atom stereocenters. The normalized spacial score (nSPS) is 11.5. The summed E-state index contributed by atoms with van der Waals surface area (Å²) in [5, 5.41) is 0. The summed E-state index contributed by atoms with van der Waals surface area (Å²) in [5.74, 6) is 0.924. The second-order valence-electron chi connectivity index (χ2n) is 5.20. The van der Waals surface area contributed by atoms with E-state index in [2.05, 4.69) is 33.8 Å². The van der Waals surface area contributed by atoms with Crippen LogP contribution in [0.15, 0.2) is 18.2 Å². The van der Waals surface area contributed by atoms with Gasteiger partial charge in [0.05, 0.1) is 6.61 Å². The van der Waals surface area contributed by atoms with Crippen molar-refractivity contribution < 1.29 is 4.74 Å². The van der Waals surface area contributed by atoms with E-state index in [1.165, 1.54) is 0 Å². The second kappa shape index (κ2) is 5.24. The molecule has 0 fully saturated rings. The quantitative estimate of drug-likeness (QED) is 0.621. The third kappa shape index (κ3) is 3.44. The molecule has 0 bridgehead atoms. The Morgan fingerprint density at radius 2 is 1.94 bits per heavy atom. The molecule has 90 valence electrons. The molecule has 0 aliphatic rings. The first-order valence-electron chi connectivity index (χ1n) is 5.98. The first kappa shape index (κ1) is 12.9. The molecule has 0 amide bonds. The van der Waals surface area contributed by atoms with Crippen LogP contribution in [0.1, 0.15) is 46.1 Å². The Hall–Kier alpha value is -1.18. The van der Waals surface area contributed by atoms with Crippen molar-refractivity contribution in [3.8, 4) is 5.75 Å². The number of ether oxygens (including phenoxy) is 1. The van der Waals surface area contributed by atoms with Gasteiger partial charge in [-0.3, -0.25) is 0 Å². The molecule has 1 aromatic carbocycles. The van der Waals surface area contributed by atoms with E-state index in [4.69, 9.17) is 10.5 Å². The van der Waals surface area contributed by atoms with Gasteiger partial charge in [0, 0.05) is 5.69 Å². The SMILES string of the molecule is CCCCOc1ccc(N)c(C(C)(C)C)c1. The Morgan fingerprint density at radius 1 is 1.25 bits per heavy atom. The summed E-state index contributed by atoms with van der Waals surface area (Å²) < 4.78 is 5.68. The van der Waals surface area contributed by atoms with E-state index in [-0.39, 0.29) is 5.41 Å². The highest BCUT2D eigenvalue weighted by molar-refractivity contribution is 5.53. The van der Waals surface area contributed by atoms with Gasteiger partial charge in [0.25, 0.3) is 0 Å². The molecule has 1 rings (SSSR count). The maximum atomic E-state index is 5.97. The fourth-order valence-electron chi connectivity index (χ4n) is 1.61. The molecule has 0 atom stereocenters. The molecule has 2 heteroatoms. The van der Waals surface area contributed by atoms with E-state index in [0.29, 0.717) is 0 Å². The smallest absolute Gasteiger partial charge is 0.119 e. The number of anilines is 1. The summed E-state index contributed by atoms with van der Waals surface area (Å²) in [4.78, 5) is 0. The highest BCUT2D eigenvalue weighted by atomic mass is 16.5. The zero-order chi connectivity index (χ0) is 12.2. The Morgan fingerprint density at radius 3 is 2.50 bits per heavy atom. The topological polar surface area (TPSA) is 35.2 Å².